The van der Waals surface area contributed by atoms with Gasteiger partial charge < -0.3 is 10.1 Å². The average Bonchev–Trinajstić information content (AvgIpc) is 2.51. The number of benzene rings is 1. The number of pyridine rings is 1. The minimum atomic E-state index is -0.703. The van der Waals surface area contributed by atoms with E-state index in [9.17, 15) is 13.6 Å². The third kappa shape index (κ3) is 6.49. The number of nitrogens with zero attached hydrogens (tertiary/aromatic N) is 1. The highest BCUT2D eigenvalue weighted by Gasteiger charge is 2.11. The van der Waals surface area contributed by atoms with Crippen LogP contribution in [0.5, 0.6) is 5.75 Å². The number of aromatic nitrogens is 1. The van der Waals surface area contributed by atoms with E-state index in [2.05, 4.69) is 31.1 Å². The predicted octanol–water partition coefficient (Wildman–Crippen LogP) is 4.10. The lowest BCUT2D eigenvalue weighted by Gasteiger charge is -2.18. The van der Waals surface area contributed by atoms with Crippen LogP contribution in [0.15, 0.2) is 36.5 Å². The highest BCUT2D eigenvalue weighted by molar-refractivity contribution is 5.93. The molecule has 25 heavy (non-hydrogen) atoms. The second-order valence-corrected chi connectivity index (χ2v) is 7.00. The van der Waals surface area contributed by atoms with Gasteiger partial charge in [0.1, 0.15) is 24.0 Å². The van der Waals surface area contributed by atoms with Gasteiger partial charge in [-0.2, -0.15) is 0 Å². The summed E-state index contributed by atoms with van der Waals surface area (Å²) in [7, 11) is 0. The van der Waals surface area contributed by atoms with E-state index in [0.717, 1.165) is 24.6 Å². The first-order valence-electron chi connectivity index (χ1n) is 8.05. The van der Waals surface area contributed by atoms with Crippen LogP contribution >= 0.6 is 0 Å². The van der Waals surface area contributed by atoms with Crippen LogP contribution in [-0.2, 0) is 6.61 Å². The van der Waals surface area contributed by atoms with Gasteiger partial charge in [0.15, 0.2) is 0 Å². The van der Waals surface area contributed by atoms with E-state index in [-0.39, 0.29) is 23.7 Å². The molecule has 0 spiro atoms. The van der Waals surface area contributed by atoms with Crippen molar-refractivity contribution in [1.29, 1.82) is 0 Å². The van der Waals surface area contributed by atoms with Gasteiger partial charge in [-0.05, 0) is 24.0 Å². The second kappa shape index (κ2) is 8.05. The van der Waals surface area contributed by atoms with Crippen molar-refractivity contribution >= 4 is 5.91 Å². The third-order valence-corrected chi connectivity index (χ3v) is 3.47. The highest BCUT2D eigenvalue weighted by atomic mass is 19.1. The molecule has 0 aliphatic carbocycles. The van der Waals surface area contributed by atoms with E-state index in [4.69, 9.17) is 4.74 Å². The van der Waals surface area contributed by atoms with Crippen LogP contribution in [-0.4, -0.2) is 17.4 Å². The summed E-state index contributed by atoms with van der Waals surface area (Å²) in [6.45, 7) is 6.98. The SMILES string of the molecule is CC(C)(C)CCNC(=O)c1ccc(COc2cc(F)cc(F)c2)nc1. The Bertz CT molecular complexity index is 705. The normalized spacial score (nSPS) is 11.2. The first-order chi connectivity index (χ1) is 11.7. The van der Waals surface area contributed by atoms with Gasteiger partial charge in [0.05, 0.1) is 11.3 Å². The molecule has 0 unspecified atom stereocenters. The molecule has 0 bridgehead atoms. The van der Waals surface area contributed by atoms with E-state index in [0.29, 0.717) is 17.8 Å². The molecular formula is C19H22F2N2O2. The average molecular weight is 348 g/mol. The number of ether oxygens (including phenoxy) is 1. The van der Waals surface area contributed by atoms with E-state index >= 15 is 0 Å². The Morgan fingerprint density at radius 2 is 1.84 bits per heavy atom. The molecule has 134 valence electrons. The van der Waals surface area contributed by atoms with Gasteiger partial charge in [-0.1, -0.05) is 20.8 Å². The number of hydrogen-bond donors (Lipinski definition) is 1. The summed E-state index contributed by atoms with van der Waals surface area (Å²) in [5.74, 6) is -1.50. The van der Waals surface area contributed by atoms with Gasteiger partial charge in [0, 0.05) is 30.9 Å². The van der Waals surface area contributed by atoms with Crippen molar-refractivity contribution in [2.45, 2.75) is 33.8 Å². The fourth-order valence-corrected chi connectivity index (χ4v) is 2.07. The van der Waals surface area contributed by atoms with Gasteiger partial charge in [-0.3, -0.25) is 9.78 Å². The molecular weight excluding hydrogens is 326 g/mol. The molecule has 1 heterocycles. The Morgan fingerprint density at radius 1 is 1.16 bits per heavy atom. The number of halogens is 2. The molecule has 1 aromatic heterocycles. The maximum absolute atomic E-state index is 13.1. The van der Waals surface area contributed by atoms with Crippen LogP contribution < -0.4 is 10.1 Å². The van der Waals surface area contributed by atoms with Crippen LogP contribution in [0.1, 0.15) is 43.2 Å². The van der Waals surface area contributed by atoms with Crippen LogP contribution in [0.25, 0.3) is 0 Å². The molecule has 0 fully saturated rings. The fraction of sp³-hybridized carbons (Fsp3) is 0.368. The Hall–Kier alpha value is -2.50. The molecule has 0 aliphatic heterocycles. The Balaban J connectivity index is 1.87. The molecule has 0 saturated carbocycles. The van der Waals surface area contributed by atoms with Gasteiger partial charge in [-0.25, -0.2) is 8.78 Å². The number of carbonyl (C=O) groups excluding carboxylic acids is 1. The summed E-state index contributed by atoms with van der Waals surface area (Å²) in [6.07, 6.45) is 2.33. The number of nitrogens with one attached hydrogen (secondary N) is 1. The van der Waals surface area contributed by atoms with E-state index in [1.54, 1.807) is 12.1 Å². The van der Waals surface area contributed by atoms with E-state index in [1.807, 2.05) is 0 Å². The van der Waals surface area contributed by atoms with Gasteiger partial charge in [0.2, 0.25) is 0 Å². The summed E-state index contributed by atoms with van der Waals surface area (Å²) < 4.78 is 31.5. The maximum atomic E-state index is 13.1. The summed E-state index contributed by atoms with van der Waals surface area (Å²) in [6, 6.07) is 6.26. The Kier molecular flexibility index (Phi) is 6.07. The molecule has 1 amide bonds. The van der Waals surface area contributed by atoms with Crippen LogP contribution in [0.2, 0.25) is 0 Å². The monoisotopic (exact) mass is 348 g/mol. The van der Waals surface area contributed by atoms with Crippen molar-refractivity contribution in [2.24, 2.45) is 5.41 Å². The first-order valence-corrected chi connectivity index (χ1v) is 8.05. The molecule has 1 N–H and O–H groups in total. The molecule has 0 radical (unpaired) electrons. The van der Waals surface area contributed by atoms with Crippen molar-refractivity contribution in [1.82, 2.24) is 10.3 Å². The van der Waals surface area contributed by atoms with Crippen molar-refractivity contribution in [3.05, 3.63) is 59.4 Å². The van der Waals surface area contributed by atoms with Gasteiger partial charge in [-0.15, -0.1) is 0 Å². The summed E-state index contributed by atoms with van der Waals surface area (Å²) >= 11 is 0. The Labute approximate surface area is 146 Å². The topological polar surface area (TPSA) is 51.2 Å². The standard InChI is InChI=1S/C19H22F2N2O2/c1-19(2,3)6-7-22-18(24)13-4-5-16(23-11-13)12-25-17-9-14(20)8-15(21)10-17/h4-5,8-11H,6-7,12H2,1-3H3,(H,22,24). The van der Waals surface area contributed by atoms with Crippen molar-refractivity contribution < 1.29 is 18.3 Å². The summed E-state index contributed by atoms with van der Waals surface area (Å²) in [5.41, 5.74) is 1.16. The number of amides is 1. The molecule has 2 aromatic rings. The summed E-state index contributed by atoms with van der Waals surface area (Å²) in [4.78, 5) is 16.2. The van der Waals surface area contributed by atoms with Crippen LogP contribution in [0, 0.1) is 17.0 Å². The second-order valence-electron chi connectivity index (χ2n) is 7.00. The minimum absolute atomic E-state index is 0.0504. The van der Waals surface area contributed by atoms with Crippen molar-refractivity contribution in [2.75, 3.05) is 6.54 Å². The highest BCUT2D eigenvalue weighted by Crippen LogP contribution is 2.18. The molecule has 4 nitrogen and oxygen atoms in total. The van der Waals surface area contributed by atoms with Crippen LogP contribution in [0.3, 0.4) is 0 Å². The largest absolute Gasteiger partial charge is 0.487 e. The molecule has 0 saturated heterocycles. The first kappa shape index (κ1) is 18.8. The molecule has 2 rings (SSSR count). The third-order valence-electron chi connectivity index (χ3n) is 3.47. The quantitative estimate of drug-likeness (QED) is 0.855. The zero-order valence-corrected chi connectivity index (χ0v) is 14.6. The van der Waals surface area contributed by atoms with Gasteiger partial charge in [0.25, 0.3) is 5.91 Å². The molecule has 1 aromatic carbocycles. The fourth-order valence-electron chi connectivity index (χ4n) is 2.07. The lowest BCUT2D eigenvalue weighted by molar-refractivity contribution is 0.0949. The predicted molar refractivity (Wildman–Crippen MR) is 91.3 cm³/mol. The van der Waals surface area contributed by atoms with Gasteiger partial charge >= 0.3 is 0 Å². The lowest BCUT2D eigenvalue weighted by atomic mass is 9.92. The minimum Gasteiger partial charge on any atom is -0.487 e. The zero-order chi connectivity index (χ0) is 18.4. The lowest BCUT2D eigenvalue weighted by Crippen LogP contribution is -2.27. The number of hydrogen-bond acceptors (Lipinski definition) is 3. The zero-order valence-electron chi connectivity index (χ0n) is 14.6. The van der Waals surface area contributed by atoms with Crippen LogP contribution in [0.4, 0.5) is 8.78 Å². The Morgan fingerprint density at radius 3 is 2.40 bits per heavy atom. The molecule has 0 aliphatic rings. The number of rotatable bonds is 6. The number of carbonyl (C=O) groups is 1. The van der Waals surface area contributed by atoms with E-state index in [1.165, 1.54) is 6.20 Å². The smallest absolute Gasteiger partial charge is 0.252 e. The van der Waals surface area contributed by atoms with Crippen molar-refractivity contribution in [3.63, 3.8) is 0 Å². The summed E-state index contributed by atoms with van der Waals surface area (Å²) in [5, 5.41) is 2.85. The molecule has 6 heteroatoms. The van der Waals surface area contributed by atoms with E-state index < -0.39 is 11.6 Å². The maximum Gasteiger partial charge on any atom is 0.252 e. The molecule has 0 atom stereocenters. The van der Waals surface area contributed by atoms with Crippen molar-refractivity contribution in [3.8, 4) is 5.75 Å².